The molecule has 2 amide bonds. The Bertz CT molecular complexity index is 1230. The molecule has 12 nitrogen and oxygen atoms in total. The molecule has 2 heterocycles. The molecule has 1 saturated heterocycles. The Hall–Kier alpha value is -1.72. The number of rotatable bonds is 12. The summed E-state index contributed by atoms with van der Waals surface area (Å²) in [6.45, 7) is -0.0318. The van der Waals surface area contributed by atoms with Crippen molar-refractivity contribution in [3.05, 3.63) is 58.7 Å². The SMILES string of the molecule is [CH2-]S(=O)(=O)N1CCN(CC(=O)N[C@@H](CCCN=C(N)N)C(=O)c2nccs2)C(=O)[C@H]1Cc1ccccc1.[H-].[K+]. The van der Waals surface area contributed by atoms with Crippen molar-refractivity contribution >= 4 is 44.9 Å². The number of guanidine groups is 1. The molecule has 2 aromatic rings. The number of amides is 2. The third-order valence-corrected chi connectivity index (χ3v) is 7.68. The van der Waals surface area contributed by atoms with E-state index >= 15 is 0 Å². The molecule has 2 atom stereocenters. The minimum absolute atomic E-state index is 0. The van der Waals surface area contributed by atoms with Crippen LogP contribution in [0.15, 0.2) is 46.9 Å². The summed E-state index contributed by atoms with van der Waals surface area (Å²) >= 11 is 1.16. The molecule has 0 radical (unpaired) electrons. The van der Waals surface area contributed by atoms with Crippen LogP contribution < -0.4 is 68.2 Å². The zero-order valence-corrected chi connectivity index (χ0v) is 25.9. The summed E-state index contributed by atoms with van der Waals surface area (Å²) in [6.07, 6.45) is 5.55. The number of carbonyl (C=O) groups excluding carboxylic acids is 3. The number of hydrogen-bond donors (Lipinski definition) is 3. The monoisotopic (exact) mass is 588 g/mol. The molecule has 0 spiro atoms. The second-order valence-corrected chi connectivity index (χ2v) is 11.0. The molecule has 1 aliphatic rings. The van der Waals surface area contributed by atoms with Crippen molar-refractivity contribution < 1.29 is 75.6 Å². The number of ketones is 1. The predicted molar refractivity (Wildman–Crippen MR) is 141 cm³/mol. The molecule has 1 aromatic carbocycles. The summed E-state index contributed by atoms with van der Waals surface area (Å²) in [5.41, 5.74) is 11.5. The fourth-order valence-electron chi connectivity index (χ4n) is 4.02. The molecule has 202 valence electrons. The van der Waals surface area contributed by atoms with E-state index in [0.29, 0.717) is 6.42 Å². The van der Waals surface area contributed by atoms with Gasteiger partial charge in [0.25, 0.3) is 0 Å². The average Bonchev–Trinajstić information content (AvgIpc) is 3.38. The second-order valence-electron chi connectivity index (χ2n) is 8.46. The van der Waals surface area contributed by atoms with Crippen LogP contribution in [0.5, 0.6) is 0 Å². The first-order chi connectivity index (χ1) is 17.6. The maximum absolute atomic E-state index is 13.3. The first-order valence-corrected chi connectivity index (χ1v) is 14.0. The van der Waals surface area contributed by atoms with E-state index in [1.54, 1.807) is 29.6 Å². The number of nitrogens with one attached hydrogen (secondary N) is 1. The van der Waals surface area contributed by atoms with E-state index in [9.17, 15) is 22.8 Å². The standard InChI is InChI=1S/C23H30N7O5S2.K.H/c1-37(34,35)30-12-11-29(22(33)18(30)14-16-6-3-2-4-7-16)15-19(31)28-17(8-5-9-27-23(24)25)20(32)21-26-10-13-36-21;;/h2-4,6-7,10,13,17-18H,1,5,8-9,11-12,14-15H2,(H,28,31)(H4,24,25,27);;/q-1;+1;-1/t17-,18+;;/m0../s1. The van der Waals surface area contributed by atoms with Gasteiger partial charge < -0.3 is 23.1 Å². The van der Waals surface area contributed by atoms with Crippen LogP contribution in [-0.2, 0) is 26.0 Å². The van der Waals surface area contributed by atoms with Gasteiger partial charge in [0.2, 0.25) is 17.6 Å². The normalized spacial score (nSPS) is 16.8. The van der Waals surface area contributed by atoms with Crippen LogP contribution in [0.3, 0.4) is 0 Å². The topological polar surface area (TPSA) is 181 Å². The van der Waals surface area contributed by atoms with E-state index in [2.05, 4.69) is 21.5 Å². The van der Waals surface area contributed by atoms with Gasteiger partial charge in [-0.1, -0.05) is 30.3 Å². The number of nitrogens with zero attached hydrogens (tertiary/aromatic N) is 4. The van der Waals surface area contributed by atoms with Crippen molar-refractivity contribution in [1.82, 2.24) is 19.5 Å². The molecule has 1 aromatic heterocycles. The van der Waals surface area contributed by atoms with Gasteiger partial charge in [-0.25, -0.2) is 24.0 Å². The van der Waals surface area contributed by atoms with E-state index in [4.69, 9.17) is 11.5 Å². The van der Waals surface area contributed by atoms with Gasteiger partial charge in [-0.3, -0.25) is 19.4 Å². The molecule has 0 bridgehead atoms. The minimum Gasteiger partial charge on any atom is -1.00 e. The van der Waals surface area contributed by atoms with Crippen molar-refractivity contribution in [3.63, 3.8) is 0 Å². The van der Waals surface area contributed by atoms with Crippen LogP contribution in [-0.4, -0.2) is 84.4 Å². The molecular formula is C23H31KN7O5S2-. The van der Waals surface area contributed by atoms with Crippen molar-refractivity contribution in [2.75, 3.05) is 26.2 Å². The summed E-state index contributed by atoms with van der Waals surface area (Å²) in [7, 11) is -3.90. The predicted octanol–water partition coefficient (Wildman–Crippen LogP) is -3.14. The van der Waals surface area contributed by atoms with Gasteiger partial charge in [-0.15, -0.1) is 11.3 Å². The second kappa shape index (κ2) is 15.2. The molecule has 38 heavy (non-hydrogen) atoms. The summed E-state index contributed by atoms with van der Waals surface area (Å²) < 4.78 is 25.6. The zero-order chi connectivity index (χ0) is 27.0. The van der Waals surface area contributed by atoms with Crippen LogP contribution in [0.1, 0.15) is 29.6 Å². The van der Waals surface area contributed by atoms with Crippen LogP contribution in [0.2, 0.25) is 0 Å². The largest absolute Gasteiger partial charge is 1.00 e. The molecule has 1 aliphatic heterocycles. The van der Waals surface area contributed by atoms with Crippen LogP contribution in [0, 0.1) is 6.26 Å². The molecular weight excluding hydrogens is 558 g/mol. The van der Waals surface area contributed by atoms with E-state index in [1.807, 2.05) is 6.07 Å². The van der Waals surface area contributed by atoms with Crippen LogP contribution in [0.4, 0.5) is 0 Å². The van der Waals surface area contributed by atoms with E-state index in [1.165, 1.54) is 11.1 Å². The number of sulfonamides is 1. The maximum Gasteiger partial charge on any atom is 1.00 e. The number of aliphatic imine (C=N–C) groups is 1. The van der Waals surface area contributed by atoms with E-state index in [-0.39, 0.29) is 109 Å². The van der Waals surface area contributed by atoms with Gasteiger partial charge in [0.15, 0.2) is 11.0 Å². The van der Waals surface area contributed by atoms with Crippen molar-refractivity contribution in [2.24, 2.45) is 16.5 Å². The Morgan fingerprint density at radius 2 is 1.97 bits per heavy atom. The Labute approximate surface area is 270 Å². The number of benzene rings is 1. The van der Waals surface area contributed by atoms with Gasteiger partial charge in [0.1, 0.15) is 6.04 Å². The summed E-state index contributed by atoms with van der Waals surface area (Å²) in [4.78, 5) is 48.4. The number of carbonyl (C=O) groups is 3. The minimum atomic E-state index is -3.90. The Morgan fingerprint density at radius 3 is 2.58 bits per heavy atom. The fourth-order valence-corrected chi connectivity index (χ4v) is 5.56. The maximum atomic E-state index is 13.3. The number of hydrogen-bond acceptors (Lipinski definition) is 8. The van der Waals surface area contributed by atoms with Crippen LogP contribution in [0.25, 0.3) is 0 Å². The number of aromatic nitrogens is 1. The van der Waals surface area contributed by atoms with E-state index < -0.39 is 33.9 Å². The quantitative estimate of drug-likeness (QED) is 0.0581. The van der Waals surface area contributed by atoms with Crippen LogP contribution >= 0.6 is 11.3 Å². The first-order valence-electron chi connectivity index (χ1n) is 11.5. The first kappa shape index (κ1) is 32.5. The van der Waals surface area contributed by atoms with Crippen molar-refractivity contribution in [1.29, 1.82) is 0 Å². The number of piperazine rings is 1. The average molecular weight is 589 g/mol. The Kier molecular flexibility index (Phi) is 13.0. The number of nitrogens with two attached hydrogens (primary N) is 2. The van der Waals surface area contributed by atoms with Gasteiger partial charge in [-0.2, -0.15) is 0 Å². The van der Waals surface area contributed by atoms with Gasteiger partial charge in [-0.05, 0) is 24.8 Å². The smallest absolute Gasteiger partial charge is 1.00 e. The van der Waals surface area contributed by atoms with Gasteiger partial charge >= 0.3 is 51.4 Å². The molecule has 0 saturated carbocycles. The fraction of sp³-hybridized carbons (Fsp3) is 0.391. The number of Topliss-reactive ketones (excluding diaryl/α,β-unsaturated/α-hetero) is 1. The molecule has 5 N–H and O–H groups in total. The van der Waals surface area contributed by atoms with Gasteiger partial charge in [0, 0.05) is 31.2 Å². The summed E-state index contributed by atoms with van der Waals surface area (Å²) in [5.74, 6) is -1.48. The molecule has 0 unspecified atom stereocenters. The zero-order valence-electron chi connectivity index (χ0n) is 22.2. The molecule has 3 rings (SSSR count). The number of thiazole rings is 1. The van der Waals surface area contributed by atoms with Crippen molar-refractivity contribution in [3.8, 4) is 0 Å². The third kappa shape index (κ3) is 9.48. The van der Waals surface area contributed by atoms with Crippen molar-refractivity contribution in [2.45, 2.75) is 31.3 Å². The third-order valence-electron chi connectivity index (χ3n) is 5.74. The molecule has 1 fully saturated rings. The molecule has 15 heteroatoms. The Balaban J connectivity index is 0.00000380. The Morgan fingerprint density at radius 1 is 1.26 bits per heavy atom. The summed E-state index contributed by atoms with van der Waals surface area (Å²) in [6, 6.07) is 7.09. The molecule has 0 aliphatic carbocycles. The van der Waals surface area contributed by atoms with Gasteiger partial charge in [0.05, 0.1) is 22.6 Å². The summed E-state index contributed by atoms with van der Waals surface area (Å²) in [5, 5.41) is 4.61. The van der Waals surface area contributed by atoms with E-state index in [0.717, 1.165) is 21.2 Å².